The Morgan fingerprint density at radius 3 is 1.42 bits per heavy atom. The first-order chi connectivity index (χ1) is 16.2. The van der Waals surface area contributed by atoms with Crippen LogP contribution >= 0.6 is 11.3 Å². The van der Waals surface area contributed by atoms with E-state index >= 15 is 0 Å². The topological polar surface area (TPSA) is 58.2 Å². The van der Waals surface area contributed by atoms with E-state index in [2.05, 4.69) is 47.0 Å². The van der Waals surface area contributed by atoms with Crippen LogP contribution in [0, 0.1) is 0 Å². The van der Waals surface area contributed by atoms with Crippen LogP contribution in [0.3, 0.4) is 0 Å². The summed E-state index contributed by atoms with van der Waals surface area (Å²) in [5.74, 6) is -0.150. The van der Waals surface area contributed by atoms with Crippen molar-refractivity contribution < 1.29 is 9.59 Å². The normalized spacial score (nSPS) is 10.9. The highest BCUT2D eigenvalue weighted by molar-refractivity contribution is 7.25. The van der Waals surface area contributed by atoms with E-state index in [4.69, 9.17) is 0 Å². The smallest absolute Gasteiger partial charge is 0.251 e. The van der Waals surface area contributed by atoms with Crippen LogP contribution in [0.5, 0.6) is 0 Å². The number of rotatable bonds is 6. The molecule has 0 aliphatic heterocycles. The predicted octanol–water partition coefficient (Wildman–Crippen LogP) is 5.91. The lowest BCUT2D eigenvalue weighted by Crippen LogP contribution is -2.22. The quantitative estimate of drug-likeness (QED) is 0.338. The summed E-state index contributed by atoms with van der Waals surface area (Å²) >= 11 is 1.73. The summed E-state index contributed by atoms with van der Waals surface area (Å²) in [4.78, 5) is 24.6. The summed E-state index contributed by atoms with van der Waals surface area (Å²) < 4.78 is 2.36. The van der Waals surface area contributed by atoms with E-state index in [1.807, 2.05) is 60.7 Å². The van der Waals surface area contributed by atoms with Crippen LogP contribution in [0.2, 0.25) is 0 Å². The van der Waals surface area contributed by atoms with E-state index in [1.165, 1.54) is 20.2 Å². The maximum atomic E-state index is 12.3. The molecule has 2 N–H and O–H groups in total. The second-order valence-electron chi connectivity index (χ2n) is 7.86. The Balaban J connectivity index is 1.30. The minimum atomic E-state index is -0.0748. The van der Waals surface area contributed by atoms with Crippen molar-refractivity contribution in [3.63, 3.8) is 0 Å². The molecule has 2 amide bonds. The largest absolute Gasteiger partial charge is 0.348 e. The summed E-state index contributed by atoms with van der Waals surface area (Å²) in [7, 11) is 0. The summed E-state index contributed by atoms with van der Waals surface area (Å²) in [6, 6.07) is 31.1. The second kappa shape index (κ2) is 9.27. The number of thiophene rings is 1. The van der Waals surface area contributed by atoms with Gasteiger partial charge in [-0.3, -0.25) is 9.59 Å². The van der Waals surface area contributed by atoms with E-state index in [1.54, 1.807) is 11.3 Å². The number of benzene rings is 4. The number of carbonyl (C=O) groups excluding carboxylic acids is 2. The van der Waals surface area contributed by atoms with Crippen LogP contribution in [-0.2, 0) is 13.1 Å². The third-order valence-electron chi connectivity index (χ3n) is 5.58. The van der Waals surface area contributed by atoms with Crippen LogP contribution in [0.15, 0.2) is 97.1 Å². The lowest BCUT2D eigenvalue weighted by atomic mass is 10.1. The number of carbonyl (C=O) groups is 2. The minimum Gasteiger partial charge on any atom is -0.348 e. The SMILES string of the molecule is O=C(NCc1ccc2c(c1)sc1cc(CNC(=O)c3ccccc3)ccc12)c1ccccc1. The predicted molar refractivity (Wildman–Crippen MR) is 135 cm³/mol. The molecule has 0 aliphatic rings. The van der Waals surface area contributed by atoms with Gasteiger partial charge >= 0.3 is 0 Å². The molecule has 4 aromatic carbocycles. The van der Waals surface area contributed by atoms with Crippen LogP contribution in [0.4, 0.5) is 0 Å². The van der Waals surface area contributed by atoms with Gasteiger partial charge in [0.05, 0.1) is 0 Å². The second-order valence-corrected chi connectivity index (χ2v) is 8.94. The molecule has 0 fully saturated rings. The summed E-state index contributed by atoms with van der Waals surface area (Å²) in [5, 5.41) is 8.38. The van der Waals surface area contributed by atoms with Gasteiger partial charge < -0.3 is 10.6 Å². The average Bonchev–Trinajstić information content (AvgIpc) is 3.23. The zero-order chi connectivity index (χ0) is 22.6. The van der Waals surface area contributed by atoms with Crippen molar-refractivity contribution in [2.45, 2.75) is 13.1 Å². The Bertz CT molecular complexity index is 1330. The molecule has 1 aromatic heterocycles. The Hall–Kier alpha value is -3.96. The fourth-order valence-corrected chi connectivity index (χ4v) is 5.07. The first-order valence-corrected chi connectivity index (χ1v) is 11.6. The molecule has 5 aromatic rings. The number of hydrogen-bond donors (Lipinski definition) is 2. The third kappa shape index (κ3) is 4.64. The molecule has 5 rings (SSSR count). The van der Waals surface area contributed by atoms with Gasteiger partial charge in [-0.1, -0.05) is 60.7 Å². The van der Waals surface area contributed by atoms with Crippen LogP contribution in [-0.4, -0.2) is 11.8 Å². The van der Waals surface area contributed by atoms with Crippen molar-refractivity contribution in [2.24, 2.45) is 0 Å². The zero-order valence-electron chi connectivity index (χ0n) is 17.9. The van der Waals surface area contributed by atoms with Crippen molar-refractivity contribution in [1.29, 1.82) is 0 Å². The molecule has 0 saturated carbocycles. The molecule has 4 nitrogen and oxygen atoms in total. The van der Waals surface area contributed by atoms with Crippen molar-refractivity contribution in [3.8, 4) is 0 Å². The molecule has 0 aliphatic carbocycles. The molecular weight excluding hydrogens is 428 g/mol. The van der Waals surface area contributed by atoms with Crippen molar-refractivity contribution in [2.75, 3.05) is 0 Å². The number of nitrogens with one attached hydrogen (secondary N) is 2. The van der Waals surface area contributed by atoms with Crippen LogP contribution < -0.4 is 10.6 Å². The molecule has 5 heteroatoms. The highest BCUT2D eigenvalue weighted by Crippen LogP contribution is 2.35. The summed E-state index contributed by atoms with van der Waals surface area (Å²) in [6.07, 6.45) is 0. The van der Waals surface area contributed by atoms with Crippen LogP contribution in [0.25, 0.3) is 20.2 Å². The molecular formula is C28H22N2O2S. The Morgan fingerprint density at radius 2 is 1.00 bits per heavy atom. The third-order valence-corrected chi connectivity index (χ3v) is 6.70. The molecule has 0 saturated heterocycles. The van der Waals surface area contributed by atoms with Gasteiger partial charge in [-0.05, 0) is 47.5 Å². The molecule has 0 bridgehead atoms. The van der Waals surface area contributed by atoms with Crippen molar-refractivity contribution in [1.82, 2.24) is 10.6 Å². The highest BCUT2D eigenvalue weighted by atomic mass is 32.1. The molecule has 33 heavy (non-hydrogen) atoms. The van der Waals surface area contributed by atoms with Gasteiger partial charge in [0, 0.05) is 44.4 Å². The fraction of sp³-hybridized carbons (Fsp3) is 0.0714. The maximum absolute atomic E-state index is 12.3. The molecule has 0 unspecified atom stereocenters. The monoisotopic (exact) mass is 450 g/mol. The van der Waals surface area contributed by atoms with Crippen molar-refractivity contribution >= 4 is 43.3 Å². The highest BCUT2D eigenvalue weighted by Gasteiger charge is 2.10. The van der Waals surface area contributed by atoms with E-state index in [9.17, 15) is 9.59 Å². The van der Waals surface area contributed by atoms with Crippen LogP contribution in [0.1, 0.15) is 31.8 Å². The van der Waals surface area contributed by atoms with Gasteiger partial charge in [-0.15, -0.1) is 11.3 Å². The summed E-state index contributed by atoms with van der Waals surface area (Å²) in [6.45, 7) is 0.962. The van der Waals surface area contributed by atoms with E-state index in [-0.39, 0.29) is 11.8 Å². The van der Waals surface area contributed by atoms with Gasteiger partial charge in [0.2, 0.25) is 0 Å². The van der Waals surface area contributed by atoms with Gasteiger partial charge in [0.25, 0.3) is 11.8 Å². The Morgan fingerprint density at radius 1 is 0.576 bits per heavy atom. The van der Waals surface area contributed by atoms with E-state index in [0.29, 0.717) is 24.2 Å². The first kappa shape index (κ1) is 20.9. The number of amides is 2. The average molecular weight is 451 g/mol. The van der Waals surface area contributed by atoms with Gasteiger partial charge in [0.1, 0.15) is 0 Å². The Kier molecular flexibility index (Phi) is 5.87. The first-order valence-electron chi connectivity index (χ1n) is 10.8. The standard InChI is InChI=1S/C28H22N2O2S/c31-27(21-7-3-1-4-8-21)29-17-19-11-13-23-24-14-12-20(16-26(24)33-25(23)15-19)18-30-28(32)22-9-5-2-6-10-22/h1-16H,17-18H2,(H,29,31)(H,30,32). The van der Waals surface area contributed by atoms with E-state index in [0.717, 1.165) is 11.1 Å². The molecule has 0 radical (unpaired) electrons. The fourth-order valence-electron chi connectivity index (χ4n) is 3.83. The van der Waals surface area contributed by atoms with Gasteiger partial charge in [-0.25, -0.2) is 0 Å². The van der Waals surface area contributed by atoms with E-state index < -0.39 is 0 Å². The molecule has 0 atom stereocenters. The molecule has 162 valence electrons. The van der Waals surface area contributed by atoms with Gasteiger partial charge in [-0.2, -0.15) is 0 Å². The maximum Gasteiger partial charge on any atom is 0.251 e. The Labute approximate surface area is 195 Å². The van der Waals surface area contributed by atoms with Crippen molar-refractivity contribution in [3.05, 3.63) is 119 Å². The zero-order valence-corrected chi connectivity index (χ0v) is 18.7. The molecule has 1 heterocycles. The minimum absolute atomic E-state index is 0.0748. The van der Waals surface area contributed by atoms with Gasteiger partial charge in [0.15, 0.2) is 0 Å². The molecule has 0 spiro atoms. The number of fused-ring (bicyclic) bond motifs is 3. The lowest BCUT2D eigenvalue weighted by Gasteiger charge is -2.06. The number of hydrogen-bond acceptors (Lipinski definition) is 3. The summed E-state index contributed by atoms with van der Waals surface area (Å²) in [5.41, 5.74) is 3.45. The lowest BCUT2D eigenvalue weighted by molar-refractivity contribution is 0.0943.